The summed E-state index contributed by atoms with van der Waals surface area (Å²) in [7, 11) is -8.72. The van der Waals surface area contributed by atoms with E-state index < -0.39 is 60.8 Å². The minimum Gasteiger partial charge on any atom is -0.308 e. The molecule has 0 saturated carbocycles. The van der Waals surface area contributed by atoms with Gasteiger partial charge in [-0.2, -0.15) is 0 Å². The average molecular weight is 866 g/mol. The Kier molecular flexibility index (Phi) is 10.4. The van der Waals surface area contributed by atoms with Crippen LogP contribution in [0, 0.1) is 46.5 Å². The van der Waals surface area contributed by atoms with Gasteiger partial charge in [0.05, 0.1) is 19.0 Å². The molecule has 0 amide bonds. The summed E-state index contributed by atoms with van der Waals surface area (Å²) < 4.78 is 146. The molecule has 0 atom stereocenters. The summed E-state index contributed by atoms with van der Waals surface area (Å²) in [5.74, 6) is -8.40. The maximum Gasteiger partial charge on any atom is 0.180 e. The largest absolute Gasteiger partial charge is 0.308 e. The van der Waals surface area contributed by atoms with E-state index in [2.05, 4.69) is 15.0 Å². The molecule has 0 saturated heterocycles. The first kappa shape index (κ1) is 39.2. The summed E-state index contributed by atoms with van der Waals surface area (Å²) in [4.78, 5) is 14.4. The molecular formula is C41H21F8N3O2P2S2. The van der Waals surface area contributed by atoms with Crippen LogP contribution in [-0.2, 0) is 9.13 Å². The van der Waals surface area contributed by atoms with Crippen molar-refractivity contribution in [2.24, 2.45) is 0 Å². The normalized spacial score (nSPS) is 11.9. The van der Waals surface area contributed by atoms with Crippen LogP contribution in [-0.4, -0.2) is 15.0 Å². The molecule has 0 unspecified atom stereocenters. The zero-order valence-corrected chi connectivity index (χ0v) is 32.4. The van der Waals surface area contributed by atoms with E-state index >= 15 is 9.13 Å². The van der Waals surface area contributed by atoms with Crippen molar-refractivity contribution in [3.63, 3.8) is 0 Å². The number of nitrogens with zero attached hydrogens (tertiary/aromatic N) is 3. The second kappa shape index (κ2) is 15.3. The van der Waals surface area contributed by atoms with Crippen LogP contribution in [0.1, 0.15) is 0 Å². The highest BCUT2D eigenvalue weighted by Gasteiger charge is 2.36. The standard InChI is InChI=1S/C41H21F8N3O2P2S2/c42-23-10-24(43)15-31(14-23)55(53,32-16-25(44)11-26(45)17-32)37-8-6-35(57-37)40-50-39(22-4-2-1-3-5-22)51-41(52-40)36-7-9-38(58-36)56(54,33-18-27(46)12-28(47)19-33)34-20-29(48)13-30(49)21-34/h1-21H. The lowest BCUT2D eigenvalue weighted by molar-refractivity contribution is 0.577. The molecule has 3 heterocycles. The van der Waals surface area contributed by atoms with E-state index in [1.54, 1.807) is 30.3 Å². The smallest absolute Gasteiger partial charge is 0.180 e. The first-order valence-electron chi connectivity index (χ1n) is 16.8. The third kappa shape index (κ3) is 7.46. The number of aromatic nitrogens is 3. The predicted octanol–water partition coefficient (Wildman–Crippen LogP) is 9.39. The summed E-state index contributed by atoms with van der Waals surface area (Å²) in [6.45, 7) is 0. The number of hydrogen-bond acceptors (Lipinski definition) is 7. The summed E-state index contributed by atoms with van der Waals surface area (Å²) in [5, 5.41) is -1.46. The summed E-state index contributed by atoms with van der Waals surface area (Å²) in [6.07, 6.45) is 0. The molecule has 8 rings (SSSR count). The first-order chi connectivity index (χ1) is 27.7. The molecule has 0 aliphatic carbocycles. The number of benzene rings is 5. The van der Waals surface area contributed by atoms with Gasteiger partial charge in [-0.1, -0.05) is 30.3 Å². The van der Waals surface area contributed by atoms with Crippen molar-refractivity contribution in [3.8, 4) is 32.8 Å². The fourth-order valence-electron chi connectivity index (χ4n) is 6.24. The van der Waals surface area contributed by atoms with E-state index in [-0.39, 0.29) is 57.7 Å². The van der Waals surface area contributed by atoms with Gasteiger partial charge in [-0.15, -0.1) is 22.7 Å². The van der Waals surface area contributed by atoms with Crippen LogP contribution in [0.15, 0.2) is 127 Å². The monoisotopic (exact) mass is 865 g/mol. The van der Waals surface area contributed by atoms with Crippen molar-refractivity contribution in [2.45, 2.75) is 0 Å². The van der Waals surface area contributed by atoms with Gasteiger partial charge in [0.25, 0.3) is 0 Å². The van der Waals surface area contributed by atoms with Crippen molar-refractivity contribution in [1.29, 1.82) is 0 Å². The van der Waals surface area contributed by atoms with Gasteiger partial charge < -0.3 is 9.13 Å². The fraction of sp³-hybridized carbons (Fsp3) is 0. The maximum atomic E-state index is 15.0. The van der Waals surface area contributed by atoms with E-state index in [0.29, 0.717) is 29.8 Å². The highest BCUT2D eigenvalue weighted by molar-refractivity contribution is 7.89. The third-order valence-corrected chi connectivity index (χ3v) is 18.1. The molecular weight excluding hydrogens is 845 g/mol. The lowest BCUT2D eigenvalue weighted by atomic mass is 10.2. The number of rotatable bonds is 9. The lowest BCUT2D eigenvalue weighted by Gasteiger charge is -2.18. The molecule has 0 aliphatic heterocycles. The van der Waals surface area contributed by atoms with Gasteiger partial charge in [0.2, 0.25) is 0 Å². The van der Waals surface area contributed by atoms with Gasteiger partial charge >= 0.3 is 0 Å². The Hall–Kier alpha value is -5.59. The highest BCUT2D eigenvalue weighted by Crippen LogP contribution is 2.48. The molecule has 0 fully saturated rings. The van der Waals surface area contributed by atoms with Gasteiger partial charge in [-0.25, -0.2) is 50.1 Å². The second-order valence-electron chi connectivity index (χ2n) is 12.7. The zero-order valence-electron chi connectivity index (χ0n) is 29.0. The Morgan fingerprint density at radius 2 is 0.655 bits per heavy atom. The van der Waals surface area contributed by atoms with Crippen molar-refractivity contribution < 1.29 is 44.3 Å². The van der Waals surface area contributed by atoms with Crippen LogP contribution in [0.2, 0.25) is 0 Å². The summed E-state index contributed by atoms with van der Waals surface area (Å²) >= 11 is 1.67. The lowest BCUT2D eigenvalue weighted by Crippen LogP contribution is -2.25. The Morgan fingerprint density at radius 1 is 0.362 bits per heavy atom. The van der Waals surface area contributed by atoms with Crippen LogP contribution in [0.25, 0.3) is 32.8 Å². The summed E-state index contributed by atoms with van der Waals surface area (Å²) in [6, 6.07) is 23.2. The van der Waals surface area contributed by atoms with Crippen LogP contribution >= 0.6 is 37.0 Å². The second-order valence-corrected chi connectivity index (χ2v) is 20.9. The Labute approximate surface area is 332 Å². The van der Waals surface area contributed by atoms with Gasteiger partial charge in [0, 0.05) is 51.0 Å². The molecule has 0 radical (unpaired) electrons. The average Bonchev–Trinajstić information content (AvgIpc) is 3.88. The number of thiophene rings is 2. The topological polar surface area (TPSA) is 72.8 Å². The van der Waals surface area contributed by atoms with E-state index in [1.165, 1.54) is 24.3 Å². The van der Waals surface area contributed by atoms with Crippen molar-refractivity contribution >= 4 is 67.4 Å². The first-order valence-corrected chi connectivity index (χ1v) is 21.8. The number of hydrogen-bond donors (Lipinski definition) is 0. The molecule has 0 spiro atoms. The minimum atomic E-state index is -4.36. The summed E-state index contributed by atoms with van der Waals surface area (Å²) in [5.41, 5.74) is 0.522. The molecule has 5 aromatic carbocycles. The van der Waals surface area contributed by atoms with E-state index in [1.807, 2.05) is 0 Å². The molecule has 290 valence electrons. The van der Waals surface area contributed by atoms with Crippen LogP contribution < -0.4 is 30.5 Å². The van der Waals surface area contributed by atoms with E-state index in [9.17, 15) is 35.1 Å². The number of halogens is 8. The molecule has 3 aromatic heterocycles. The third-order valence-electron chi connectivity index (χ3n) is 8.76. The van der Waals surface area contributed by atoms with Gasteiger partial charge in [-0.3, -0.25) is 0 Å². The van der Waals surface area contributed by atoms with Crippen LogP contribution in [0.4, 0.5) is 35.1 Å². The van der Waals surface area contributed by atoms with Crippen LogP contribution in [0.3, 0.4) is 0 Å². The Balaban J connectivity index is 1.29. The maximum absolute atomic E-state index is 15.0. The molecule has 58 heavy (non-hydrogen) atoms. The fourth-order valence-corrected chi connectivity index (χ4v) is 15.1. The van der Waals surface area contributed by atoms with Gasteiger partial charge in [0.15, 0.2) is 31.8 Å². The molecule has 17 heteroatoms. The molecule has 0 N–H and O–H groups in total. The minimum absolute atomic E-state index is 0.0000318. The Morgan fingerprint density at radius 3 is 0.966 bits per heavy atom. The molecule has 0 bridgehead atoms. The van der Waals surface area contributed by atoms with Crippen molar-refractivity contribution in [3.05, 3.63) is 174 Å². The van der Waals surface area contributed by atoms with E-state index in [4.69, 9.17) is 0 Å². The Bertz CT molecular complexity index is 2630. The quantitative estimate of drug-likeness (QED) is 0.107. The molecule has 5 nitrogen and oxygen atoms in total. The SMILES string of the molecule is O=P(c1cc(F)cc(F)c1)(c1cc(F)cc(F)c1)c1ccc(-c2nc(-c3ccccc3)nc(-c3ccc(P(=O)(c4cc(F)cc(F)c4)c4cc(F)cc(F)c4)s3)n2)s1. The molecule has 0 aliphatic rings. The predicted molar refractivity (Wildman–Crippen MR) is 210 cm³/mol. The van der Waals surface area contributed by atoms with Crippen molar-refractivity contribution in [2.75, 3.05) is 0 Å². The van der Waals surface area contributed by atoms with Gasteiger partial charge in [-0.05, 0) is 72.8 Å². The zero-order chi connectivity index (χ0) is 40.9. The highest BCUT2D eigenvalue weighted by atomic mass is 32.1. The molecule has 8 aromatic rings. The van der Waals surface area contributed by atoms with Gasteiger partial charge in [0.1, 0.15) is 46.5 Å². The van der Waals surface area contributed by atoms with E-state index in [0.717, 1.165) is 71.2 Å². The van der Waals surface area contributed by atoms with Crippen molar-refractivity contribution in [1.82, 2.24) is 15.0 Å². The van der Waals surface area contributed by atoms with Crippen LogP contribution in [0.5, 0.6) is 0 Å².